The number of nitrogens with one attached hydrogen (secondary N) is 1. The minimum absolute atomic E-state index is 0.107. The van der Waals surface area contributed by atoms with Gasteiger partial charge in [-0.3, -0.25) is 4.79 Å². The van der Waals surface area contributed by atoms with Gasteiger partial charge in [0.05, 0.1) is 11.8 Å². The van der Waals surface area contributed by atoms with Crippen LogP contribution < -0.4 is 19.6 Å². The van der Waals surface area contributed by atoms with E-state index in [-0.39, 0.29) is 6.61 Å². The average molecular weight is 481 g/mol. The Morgan fingerprint density at radius 3 is 2.48 bits per heavy atom. The fourth-order valence-electron chi connectivity index (χ4n) is 2.80. The molecule has 8 heteroatoms. The lowest BCUT2D eigenvalue weighted by atomic mass is 10.2. The second-order valence-electron chi connectivity index (χ2n) is 6.54. The van der Waals surface area contributed by atoms with Gasteiger partial charge in [0.15, 0.2) is 11.5 Å². The van der Waals surface area contributed by atoms with Crippen LogP contribution in [0.5, 0.6) is 17.2 Å². The van der Waals surface area contributed by atoms with E-state index in [1.807, 2.05) is 12.1 Å². The van der Waals surface area contributed by atoms with Crippen LogP contribution in [0.2, 0.25) is 0 Å². The quantitative estimate of drug-likeness (QED) is 0.258. The fourth-order valence-corrected chi connectivity index (χ4v) is 3.25. The van der Waals surface area contributed by atoms with E-state index in [2.05, 4.69) is 26.5 Å². The highest BCUT2D eigenvalue weighted by Crippen LogP contribution is 2.30. The van der Waals surface area contributed by atoms with Crippen molar-refractivity contribution in [1.29, 1.82) is 0 Å². The molecule has 4 rings (SSSR count). The number of para-hydroxylation sites is 2. The summed E-state index contributed by atoms with van der Waals surface area (Å²) in [6.45, 7) is 0.107. The largest absolute Gasteiger partial charge is 0.485 e. The predicted octanol–water partition coefficient (Wildman–Crippen LogP) is 3.96. The Hall–Kier alpha value is -3.65. The molecule has 0 fully saturated rings. The molecule has 31 heavy (non-hydrogen) atoms. The molecule has 1 aliphatic heterocycles. The molecule has 1 N–H and O–H groups in total. The van der Waals surface area contributed by atoms with Crippen molar-refractivity contribution in [2.75, 3.05) is 6.61 Å². The number of hydrazone groups is 1. The Labute approximate surface area is 186 Å². The second kappa shape index (κ2) is 9.44. The number of ether oxygens (including phenoxy) is 3. The number of hydrogen-bond donors (Lipinski definition) is 1. The number of halogens is 1. The summed E-state index contributed by atoms with van der Waals surface area (Å²) < 4.78 is 17.2. The van der Waals surface area contributed by atoms with E-state index < -0.39 is 18.0 Å². The van der Waals surface area contributed by atoms with Gasteiger partial charge < -0.3 is 14.2 Å². The first-order valence-electron chi connectivity index (χ1n) is 9.38. The number of esters is 1. The summed E-state index contributed by atoms with van der Waals surface area (Å²) in [5.74, 6) is 0.650. The standard InChI is InChI=1S/C23H17BrN2O5/c24-18-6-2-1-5-17(18)23(28)30-16-11-9-15(10-12-16)13-25-26-22(27)21-14-29-19-7-3-4-8-20(19)31-21/h1-13,21H,14H2,(H,26,27). The molecular weight excluding hydrogens is 464 g/mol. The summed E-state index contributed by atoms with van der Waals surface area (Å²) in [5, 5.41) is 3.95. The van der Waals surface area contributed by atoms with Crippen molar-refractivity contribution in [3.63, 3.8) is 0 Å². The molecule has 7 nitrogen and oxygen atoms in total. The van der Waals surface area contributed by atoms with Gasteiger partial charge in [-0.25, -0.2) is 10.2 Å². The van der Waals surface area contributed by atoms with Crippen LogP contribution in [-0.2, 0) is 4.79 Å². The number of benzene rings is 3. The van der Waals surface area contributed by atoms with Gasteiger partial charge in [0.2, 0.25) is 6.10 Å². The number of amides is 1. The molecule has 0 saturated heterocycles. The van der Waals surface area contributed by atoms with Crippen LogP contribution in [-0.4, -0.2) is 30.8 Å². The monoisotopic (exact) mass is 480 g/mol. The van der Waals surface area contributed by atoms with Crippen molar-refractivity contribution in [3.05, 3.63) is 88.4 Å². The van der Waals surface area contributed by atoms with Gasteiger partial charge in [-0.2, -0.15) is 5.10 Å². The van der Waals surface area contributed by atoms with Crippen LogP contribution in [0.4, 0.5) is 0 Å². The molecule has 1 atom stereocenters. The molecule has 0 spiro atoms. The number of carbonyl (C=O) groups excluding carboxylic acids is 2. The first-order chi connectivity index (χ1) is 15.1. The molecule has 0 aliphatic carbocycles. The Bertz CT molecular complexity index is 1130. The molecule has 1 amide bonds. The summed E-state index contributed by atoms with van der Waals surface area (Å²) >= 11 is 3.33. The van der Waals surface area contributed by atoms with Crippen LogP contribution in [0, 0.1) is 0 Å². The Morgan fingerprint density at radius 1 is 1.00 bits per heavy atom. The van der Waals surface area contributed by atoms with E-state index in [1.165, 1.54) is 6.21 Å². The smallest absolute Gasteiger partial charge is 0.344 e. The van der Waals surface area contributed by atoms with Crippen molar-refractivity contribution in [2.24, 2.45) is 5.10 Å². The van der Waals surface area contributed by atoms with Crippen LogP contribution >= 0.6 is 15.9 Å². The predicted molar refractivity (Wildman–Crippen MR) is 118 cm³/mol. The maximum Gasteiger partial charge on any atom is 0.344 e. The fraction of sp³-hybridized carbons (Fsp3) is 0.0870. The lowest BCUT2D eigenvalue weighted by Gasteiger charge is -2.24. The third-order valence-electron chi connectivity index (χ3n) is 4.37. The zero-order valence-corrected chi connectivity index (χ0v) is 17.7. The highest BCUT2D eigenvalue weighted by Gasteiger charge is 2.26. The number of rotatable bonds is 5. The van der Waals surface area contributed by atoms with Crippen molar-refractivity contribution in [1.82, 2.24) is 5.43 Å². The van der Waals surface area contributed by atoms with Gasteiger partial charge in [-0.1, -0.05) is 24.3 Å². The van der Waals surface area contributed by atoms with Crippen molar-refractivity contribution in [2.45, 2.75) is 6.10 Å². The highest BCUT2D eigenvalue weighted by molar-refractivity contribution is 9.10. The number of hydrogen-bond acceptors (Lipinski definition) is 6. The van der Waals surface area contributed by atoms with Gasteiger partial charge in [0.25, 0.3) is 5.91 Å². The minimum atomic E-state index is -0.786. The lowest BCUT2D eigenvalue weighted by molar-refractivity contribution is -0.130. The van der Waals surface area contributed by atoms with Gasteiger partial charge in [-0.15, -0.1) is 0 Å². The highest BCUT2D eigenvalue weighted by atomic mass is 79.9. The molecule has 0 radical (unpaired) electrons. The SMILES string of the molecule is O=C(Oc1ccc(C=NNC(=O)C2COc3ccccc3O2)cc1)c1ccccc1Br. The topological polar surface area (TPSA) is 86.2 Å². The van der Waals surface area contributed by atoms with E-state index in [0.717, 1.165) is 0 Å². The second-order valence-corrected chi connectivity index (χ2v) is 7.39. The summed E-state index contributed by atoms with van der Waals surface area (Å²) in [5.41, 5.74) is 3.59. The van der Waals surface area contributed by atoms with Gasteiger partial charge in [0, 0.05) is 4.47 Å². The van der Waals surface area contributed by atoms with E-state index in [9.17, 15) is 9.59 Å². The normalized spacial score (nSPS) is 14.8. The van der Waals surface area contributed by atoms with Crippen LogP contribution in [0.3, 0.4) is 0 Å². The lowest BCUT2D eigenvalue weighted by Crippen LogP contribution is -2.42. The van der Waals surface area contributed by atoms with Crippen LogP contribution in [0.1, 0.15) is 15.9 Å². The van der Waals surface area contributed by atoms with Crippen LogP contribution in [0.25, 0.3) is 0 Å². The summed E-state index contributed by atoms with van der Waals surface area (Å²) in [6.07, 6.45) is 0.695. The Morgan fingerprint density at radius 2 is 1.71 bits per heavy atom. The first-order valence-corrected chi connectivity index (χ1v) is 10.2. The van der Waals surface area contributed by atoms with E-state index >= 15 is 0 Å². The summed E-state index contributed by atoms with van der Waals surface area (Å²) in [4.78, 5) is 24.5. The Kier molecular flexibility index (Phi) is 6.28. The summed E-state index contributed by atoms with van der Waals surface area (Å²) in [6, 6.07) is 20.9. The third kappa shape index (κ3) is 5.10. The average Bonchev–Trinajstić information content (AvgIpc) is 2.80. The zero-order chi connectivity index (χ0) is 21.6. The third-order valence-corrected chi connectivity index (χ3v) is 5.07. The molecule has 3 aromatic carbocycles. The van der Waals surface area contributed by atoms with Crippen molar-refractivity contribution in [3.8, 4) is 17.2 Å². The first kappa shape index (κ1) is 20.6. The number of nitrogens with zero attached hydrogens (tertiary/aromatic N) is 1. The minimum Gasteiger partial charge on any atom is -0.485 e. The van der Waals surface area contributed by atoms with Crippen LogP contribution in [0.15, 0.2) is 82.4 Å². The zero-order valence-electron chi connectivity index (χ0n) is 16.2. The molecular formula is C23H17BrN2O5. The van der Waals surface area contributed by atoms with Gasteiger partial charge in [-0.05, 0) is 70.0 Å². The summed E-state index contributed by atoms with van der Waals surface area (Å²) in [7, 11) is 0. The van der Waals surface area contributed by atoms with E-state index in [4.69, 9.17) is 14.2 Å². The number of fused-ring (bicyclic) bond motifs is 1. The molecule has 0 aromatic heterocycles. The molecule has 156 valence electrons. The van der Waals surface area contributed by atoms with Gasteiger partial charge >= 0.3 is 5.97 Å². The van der Waals surface area contributed by atoms with E-state index in [1.54, 1.807) is 60.7 Å². The molecule has 1 unspecified atom stereocenters. The Balaban J connectivity index is 1.30. The maximum absolute atomic E-state index is 12.2. The molecule has 1 aliphatic rings. The molecule has 3 aromatic rings. The van der Waals surface area contributed by atoms with Gasteiger partial charge in [0.1, 0.15) is 12.4 Å². The van der Waals surface area contributed by atoms with Crippen molar-refractivity contribution < 1.29 is 23.8 Å². The van der Waals surface area contributed by atoms with E-state index in [0.29, 0.717) is 32.8 Å². The van der Waals surface area contributed by atoms with Crippen molar-refractivity contribution >= 4 is 34.0 Å². The molecule has 0 bridgehead atoms. The molecule has 1 heterocycles. The molecule has 0 saturated carbocycles. The maximum atomic E-state index is 12.2. The number of carbonyl (C=O) groups is 2.